The molecule has 0 fully saturated rings. The van der Waals surface area contributed by atoms with Crippen LogP contribution in [-0.2, 0) is 23.8 Å². The monoisotopic (exact) mass is 145 g/mol. The summed E-state index contributed by atoms with van der Waals surface area (Å²) in [7, 11) is 0. The molecule has 0 aliphatic rings. The summed E-state index contributed by atoms with van der Waals surface area (Å²) in [6.45, 7) is 1.57. The number of rotatable bonds is 1. The van der Waals surface area contributed by atoms with Crippen molar-refractivity contribution in [3.05, 3.63) is 0 Å². The predicted octanol–water partition coefficient (Wildman–Crippen LogP) is 0.735. The minimum atomic E-state index is -1.03. The topological polar surface area (TPSA) is 26.3 Å². The van der Waals surface area contributed by atoms with Crippen LogP contribution >= 0.6 is 11.9 Å². The van der Waals surface area contributed by atoms with Gasteiger partial charge in [0.05, 0.1) is 0 Å². The summed E-state index contributed by atoms with van der Waals surface area (Å²) in [6, 6.07) is 0. The van der Waals surface area contributed by atoms with Crippen LogP contribution in [0.25, 0.3) is 0 Å². The molecule has 35 valence electrons. The Balaban J connectivity index is 3.52. The van der Waals surface area contributed by atoms with Crippen LogP contribution in [0, 0.1) is 0 Å². The van der Waals surface area contributed by atoms with Gasteiger partial charge in [-0.2, -0.15) is 0 Å². The van der Waals surface area contributed by atoms with E-state index in [0.29, 0.717) is 4.41 Å². The first-order valence-corrected chi connectivity index (χ1v) is 2.84. The molecule has 0 heterocycles. The van der Waals surface area contributed by atoms with E-state index < -0.39 is 15.8 Å². The zero-order valence-corrected chi connectivity index (χ0v) is 5.29. The molecule has 0 aliphatic carbocycles. The summed E-state index contributed by atoms with van der Waals surface area (Å²) >= 11 is 3.71. The zero-order chi connectivity index (χ0) is 4.99. The third-order valence-electron chi connectivity index (χ3n) is 0.240. The van der Waals surface area contributed by atoms with Crippen molar-refractivity contribution in [3.8, 4) is 0 Å². The summed E-state index contributed by atoms with van der Waals surface area (Å²) in [4.78, 5) is 0. The van der Waals surface area contributed by atoms with E-state index in [1.807, 2.05) is 0 Å². The molecule has 4 heteroatoms. The van der Waals surface area contributed by atoms with Crippen LogP contribution in [0.3, 0.4) is 0 Å². The van der Waals surface area contributed by atoms with Gasteiger partial charge >= 0.3 is 47.0 Å². The molecule has 0 saturated heterocycles. The van der Waals surface area contributed by atoms with E-state index in [2.05, 4.69) is 4.29 Å². The Bertz CT molecular complexity index is 85.5. The molecule has 0 spiro atoms. The van der Waals surface area contributed by atoms with E-state index in [-0.39, 0.29) is 0 Å². The van der Waals surface area contributed by atoms with Crippen molar-refractivity contribution in [3.63, 3.8) is 0 Å². The molecule has 0 N–H and O–H groups in total. The average molecular weight is 145 g/mol. The van der Waals surface area contributed by atoms with Crippen molar-refractivity contribution in [2.75, 3.05) is 0 Å². The van der Waals surface area contributed by atoms with Gasteiger partial charge < -0.3 is 0 Å². The van der Waals surface area contributed by atoms with Gasteiger partial charge in [0.1, 0.15) is 0 Å². The van der Waals surface area contributed by atoms with Gasteiger partial charge in [0.2, 0.25) is 0 Å². The molecular weight excluding hydrogens is 142 g/mol. The van der Waals surface area contributed by atoms with Crippen molar-refractivity contribution < 1.29 is 23.8 Å². The van der Waals surface area contributed by atoms with Crippen LogP contribution in [-0.4, -0.2) is 4.41 Å². The summed E-state index contributed by atoms with van der Waals surface area (Å²) in [5, 5.41) is 0. The van der Waals surface area contributed by atoms with Gasteiger partial charge in [-0.05, 0) is 0 Å². The molecule has 0 aromatic rings. The molecule has 0 saturated carbocycles. The fraction of sp³-hybridized carbons (Fsp3) is 0.500. The van der Waals surface area contributed by atoms with Crippen molar-refractivity contribution in [2.24, 2.45) is 0 Å². The Morgan fingerprint density at radius 3 is 2.50 bits per heavy atom. The van der Waals surface area contributed by atoms with E-state index in [1.165, 1.54) is 0 Å². The summed E-state index contributed by atoms with van der Waals surface area (Å²) in [5.74, 6) is 0. The molecule has 0 aromatic carbocycles. The van der Waals surface area contributed by atoms with Gasteiger partial charge in [-0.15, -0.1) is 0 Å². The molecule has 0 aromatic heterocycles. The van der Waals surface area contributed by atoms with E-state index in [1.54, 1.807) is 6.92 Å². The third-order valence-corrected chi connectivity index (χ3v) is 1.19. The molecule has 0 amide bonds. The van der Waals surface area contributed by atoms with Gasteiger partial charge in [-0.3, -0.25) is 0 Å². The Hall–Kier alpha value is 0.504. The Morgan fingerprint density at radius 2 is 2.50 bits per heavy atom. The minimum absolute atomic E-state index is 0.396. The molecule has 6 heavy (non-hydrogen) atoms. The first kappa shape index (κ1) is 6.50. The number of hydrogen-bond donors (Lipinski definition) is 0. The quantitative estimate of drug-likeness (QED) is 0.544. The molecule has 0 aliphatic heterocycles. The average Bonchev–Trinajstić information content (AvgIpc) is 1.65. The van der Waals surface area contributed by atoms with Crippen molar-refractivity contribution in [1.29, 1.82) is 0 Å². The van der Waals surface area contributed by atoms with Crippen molar-refractivity contribution in [1.82, 2.24) is 0 Å². The van der Waals surface area contributed by atoms with E-state index in [9.17, 15) is 3.67 Å². The van der Waals surface area contributed by atoms with Crippen LogP contribution < -0.4 is 0 Å². The Labute approximate surface area is 47.4 Å². The van der Waals surface area contributed by atoms with E-state index in [4.69, 9.17) is 11.9 Å². The first-order valence-electron chi connectivity index (χ1n) is 1.26. The summed E-state index contributed by atoms with van der Waals surface area (Å²) in [6.07, 6.45) is 0. The van der Waals surface area contributed by atoms with Crippen molar-refractivity contribution in [2.45, 2.75) is 6.92 Å². The molecule has 0 bridgehead atoms. The van der Waals surface area contributed by atoms with Gasteiger partial charge in [-0.25, -0.2) is 0 Å². The fourth-order valence-electron chi connectivity index (χ4n) is 0.0141. The van der Waals surface area contributed by atoms with Gasteiger partial charge in [-0.1, -0.05) is 0 Å². The van der Waals surface area contributed by atoms with Crippen LogP contribution in [0.15, 0.2) is 0 Å². The molecule has 2 nitrogen and oxygen atoms in total. The number of halogens is 1. The van der Waals surface area contributed by atoms with E-state index >= 15 is 0 Å². The van der Waals surface area contributed by atoms with Crippen LogP contribution in [0.5, 0.6) is 0 Å². The van der Waals surface area contributed by atoms with E-state index in [0.717, 1.165) is 0 Å². The molecule has 0 unspecified atom stereocenters. The normalized spacial score (nSPS) is 7.00. The van der Waals surface area contributed by atoms with Crippen molar-refractivity contribution >= 4 is 16.3 Å². The maximum atomic E-state index is 9.71. The molecule has 0 radical (unpaired) electrons. The zero-order valence-electron chi connectivity index (χ0n) is 3.14. The first-order chi connectivity index (χ1) is 2.81. The Morgan fingerprint density at radius 1 is 2.00 bits per heavy atom. The number of hydrogen-bond acceptors (Lipinski definition) is 2. The SMILES string of the molecule is C[C](OCl)=[V]=[O]. The molecule has 0 rings (SSSR count). The Kier molecular flexibility index (Phi) is 4.00. The second kappa shape index (κ2) is 3.69. The fourth-order valence-corrected chi connectivity index (χ4v) is 0.174. The van der Waals surface area contributed by atoms with Gasteiger partial charge in [0, 0.05) is 0 Å². The second-order valence-corrected chi connectivity index (χ2v) is 2.11. The molecular formula is C2H3ClO2V. The van der Waals surface area contributed by atoms with Crippen LogP contribution in [0.2, 0.25) is 0 Å². The summed E-state index contributed by atoms with van der Waals surface area (Å²) in [5.41, 5.74) is 0. The summed E-state index contributed by atoms with van der Waals surface area (Å²) < 4.78 is 14.1. The predicted molar refractivity (Wildman–Crippen MR) is 18.3 cm³/mol. The second-order valence-electron chi connectivity index (χ2n) is 0.687. The van der Waals surface area contributed by atoms with Crippen LogP contribution in [0.4, 0.5) is 0 Å². The van der Waals surface area contributed by atoms with Crippen LogP contribution in [0.1, 0.15) is 6.92 Å². The maximum absolute atomic E-state index is 9.71. The standard InChI is InChI=1S/C2H3ClO.O.V/c1-2-4-3;;/h1H3;;. The van der Waals surface area contributed by atoms with Gasteiger partial charge in [0.15, 0.2) is 0 Å². The third kappa shape index (κ3) is 2.73. The molecule has 0 atom stereocenters. The van der Waals surface area contributed by atoms with Gasteiger partial charge in [0.25, 0.3) is 0 Å².